The van der Waals surface area contributed by atoms with Gasteiger partial charge in [0.05, 0.1) is 6.10 Å². The molecule has 1 amide bonds. The van der Waals surface area contributed by atoms with Crippen LogP contribution in [-0.4, -0.2) is 52.0 Å². The first-order chi connectivity index (χ1) is 13.2. The molecule has 1 heterocycles. The van der Waals surface area contributed by atoms with E-state index in [9.17, 15) is 4.79 Å². The maximum absolute atomic E-state index is 12.7. The standard InChI is InChI=1S/C20H35N5O2/c1-3-12-27-18-13-15(8-9-17(18)24-16-6-4-5-7-16)20(26)21-11-10-19-22-14-23-25(19)2/h14-18,24H,3-13H2,1-2H3,(H,21,26)/t15-,17-,18-/m0/s1. The first kappa shape index (κ1) is 20.3. The van der Waals surface area contributed by atoms with Gasteiger partial charge in [0.2, 0.25) is 5.91 Å². The van der Waals surface area contributed by atoms with Crippen molar-refractivity contribution in [1.29, 1.82) is 0 Å². The number of hydrogen-bond donors (Lipinski definition) is 2. The Hall–Kier alpha value is -1.47. The van der Waals surface area contributed by atoms with Crippen molar-refractivity contribution in [3.05, 3.63) is 12.2 Å². The van der Waals surface area contributed by atoms with E-state index < -0.39 is 0 Å². The first-order valence-corrected chi connectivity index (χ1v) is 10.7. The number of nitrogens with one attached hydrogen (secondary N) is 2. The van der Waals surface area contributed by atoms with E-state index in [1.54, 1.807) is 11.0 Å². The Kier molecular flexibility index (Phi) is 7.64. The molecule has 2 aliphatic carbocycles. The maximum Gasteiger partial charge on any atom is 0.223 e. The Balaban J connectivity index is 1.47. The van der Waals surface area contributed by atoms with E-state index in [2.05, 4.69) is 27.6 Å². The van der Waals surface area contributed by atoms with Gasteiger partial charge >= 0.3 is 0 Å². The van der Waals surface area contributed by atoms with Gasteiger partial charge in [0, 0.05) is 44.6 Å². The lowest BCUT2D eigenvalue weighted by Crippen LogP contribution is -2.51. The Labute approximate surface area is 162 Å². The number of nitrogens with zero attached hydrogens (tertiary/aromatic N) is 3. The van der Waals surface area contributed by atoms with Crippen molar-refractivity contribution in [3.8, 4) is 0 Å². The fourth-order valence-electron chi connectivity index (χ4n) is 4.39. The molecule has 0 aromatic carbocycles. The van der Waals surface area contributed by atoms with E-state index in [1.807, 2.05) is 7.05 Å². The van der Waals surface area contributed by atoms with Crippen molar-refractivity contribution in [2.24, 2.45) is 13.0 Å². The van der Waals surface area contributed by atoms with Gasteiger partial charge in [-0.3, -0.25) is 9.48 Å². The largest absolute Gasteiger partial charge is 0.377 e. The molecule has 2 fully saturated rings. The van der Waals surface area contributed by atoms with Gasteiger partial charge in [-0.1, -0.05) is 19.8 Å². The van der Waals surface area contributed by atoms with Crippen molar-refractivity contribution in [3.63, 3.8) is 0 Å². The van der Waals surface area contributed by atoms with Crippen LogP contribution in [0.2, 0.25) is 0 Å². The molecule has 3 rings (SSSR count). The summed E-state index contributed by atoms with van der Waals surface area (Å²) in [7, 11) is 1.87. The van der Waals surface area contributed by atoms with Crippen LogP contribution in [0.1, 0.15) is 64.1 Å². The topological polar surface area (TPSA) is 81.1 Å². The van der Waals surface area contributed by atoms with Crippen LogP contribution in [0.25, 0.3) is 0 Å². The summed E-state index contributed by atoms with van der Waals surface area (Å²) in [6, 6.07) is 1.03. The van der Waals surface area contributed by atoms with Crippen LogP contribution in [0.15, 0.2) is 6.33 Å². The summed E-state index contributed by atoms with van der Waals surface area (Å²) < 4.78 is 7.90. The Morgan fingerprint density at radius 3 is 2.81 bits per heavy atom. The molecule has 0 bridgehead atoms. The third-order valence-corrected chi connectivity index (χ3v) is 5.96. The minimum atomic E-state index is 0.0491. The zero-order valence-corrected chi connectivity index (χ0v) is 16.8. The third kappa shape index (κ3) is 5.75. The molecule has 0 radical (unpaired) electrons. The van der Waals surface area contributed by atoms with Gasteiger partial charge in [-0.2, -0.15) is 5.10 Å². The van der Waals surface area contributed by atoms with Gasteiger partial charge in [0.15, 0.2) is 0 Å². The quantitative estimate of drug-likeness (QED) is 0.688. The molecular formula is C20H35N5O2. The van der Waals surface area contributed by atoms with Crippen LogP contribution >= 0.6 is 0 Å². The molecular weight excluding hydrogens is 342 g/mol. The number of rotatable bonds is 9. The number of ether oxygens (including phenoxy) is 1. The number of carbonyl (C=O) groups excluding carboxylic acids is 1. The highest BCUT2D eigenvalue weighted by atomic mass is 16.5. The molecule has 152 valence electrons. The van der Waals surface area contributed by atoms with E-state index in [0.717, 1.165) is 38.1 Å². The molecule has 1 aromatic rings. The number of aromatic nitrogens is 3. The average Bonchev–Trinajstić information content (AvgIpc) is 3.33. The highest BCUT2D eigenvalue weighted by molar-refractivity contribution is 5.78. The van der Waals surface area contributed by atoms with E-state index >= 15 is 0 Å². The Bertz CT molecular complexity index is 585. The van der Waals surface area contributed by atoms with Crippen LogP contribution < -0.4 is 10.6 Å². The van der Waals surface area contributed by atoms with E-state index in [4.69, 9.17) is 4.74 Å². The Morgan fingerprint density at radius 1 is 1.30 bits per heavy atom. The van der Waals surface area contributed by atoms with Crippen molar-refractivity contribution < 1.29 is 9.53 Å². The second kappa shape index (κ2) is 10.2. The van der Waals surface area contributed by atoms with E-state index in [0.29, 0.717) is 25.0 Å². The lowest BCUT2D eigenvalue weighted by molar-refractivity contribution is -0.128. The second-order valence-electron chi connectivity index (χ2n) is 8.01. The second-order valence-corrected chi connectivity index (χ2v) is 8.01. The normalized spacial score (nSPS) is 26.4. The molecule has 2 aliphatic rings. The summed E-state index contributed by atoms with van der Waals surface area (Å²) in [5.41, 5.74) is 0. The van der Waals surface area contributed by atoms with Gasteiger partial charge in [-0.25, -0.2) is 4.98 Å². The van der Waals surface area contributed by atoms with Gasteiger partial charge in [0.1, 0.15) is 12.2 Å². The van der Waals surface area contributed by atoms with Crippen LogP contribution in [-0.2, 0) is 23.0 Å². The summed E-state index contributed by atoms with van der Waals surface area (Å²) in [5, 5.41) is 11.0. The third-order valence-electron chi connectivity index (χ3n) is 5.96. The van der Waals surface area contributed by atoms with E-state index in [-0.39, 0.29) is 17.9 Å². The van der Waals surface area contributed by atoms with Crippen LogP contribution in [0, 0.1) is 5.92 Å². The highest BCUT2D eigenvalue weighted by Gasteiger charge is 2.35. The summed E-state index contributed by atoms with van der Waals surface area (Å²) in [5.74, 6) is 1.10. The fourth-order valence-corrected chi connectivity index (χ4v) is 4.39. The smallest absolute Gasteiger partial charge is 0.223 e. The van der Waals surface area contributed by atoms with Gasteiger partial charge < -0.3 is 15.4 Å². The van der Waals surface area contributed by atoms with Crippen LogP contribution in [0.5, 0.6) is 0 Å². The molecule has 7 heteroatoms. The molecule has 3 atom stereocenters. The van der Waals surface area contributed by atoms with Crippen molar-refractivity contribution in [2.75, 3.05) is 13.2 Å². The van der Waals surface area contributed by atoms with Gasteiger partial charge in [-0.15, -0.1) is 0 Å². The molecule has 0 spiro atoms. The van der Waals surface area contributed by atoms with E-state index in [1.165, 1.54) is 25.7 Å². The zero-order valence-electron chi connectivity index (χ0n) is 16.8. The van der Waals surface area contributed by atoms with Crippen molar-refractivity contribution >= 4 is 5.91 Å². The summed E-state index contributed by atoms with van der Waals surface area (Å²) >= 11 is 0. The molecule has 2 saturated carbocycles. The summed E-state index contributed by atoms with van der Waals surface area (Å²) in [6.07, 6.45) is 11.4. The average molecular weight is 378 g/mol. The molecule has 0 unspecified atom stereocenters. The number of amides is 1. The SMILES string of the molecule is CCCO[C@H]1C[C@@H](C(=O)NCCc2ncnn2C)CC[C@@H]1NC1CCCC1. The maximum atomic E-state index is 12.7. The molecule has 1 aromatic heterocycles. The fraction of sp³-hybridized carbons (Fsp3) is 0.850. The minimum absolute atomic E-state index is 0.0491. The van der Waals surface area contributed by atoms with Crippen molar-refractivity contribution in [1.82, 2.24) is 25.4 Å². The zero-order chi connectivity index (χ0) is 19.1. The number of hydrogen-bond acceptors (Lipinski definition) is 5. The highest BCUT2D eigenvalue weighted by Crippen LogP contribution is 2.29. The molecule has 0 aliphatic heterocycles. The molecule has 27 heavy (non-hydrogen) atoms. The predicted molar refractivity (Wildman–Crippen MR) is 104 cm³/mol. The van der Waals surface area contributed by atoms with Gasteiger partial charge in [-0.05, 0) is 38.5 Å². The van der Waals surface area contributed by atoms with Gasteiger partial charge in [0.25, 0.3) is 0 Å². The number of carbonyl (C=O) groups is 1. The summed E-state index contributed by atoms with van der Waals surface area (Å²) in [6.45, 7) is 3.51. The first-order valence-electron chi connectivity index (χ1n) is 10.7. The predicted octanol–water partition coefficient (Wildman–Crippen LogP) is 1.97. The molecule has 2 N–H and O–H groups in total. The van der Waals surface area contributed by atoms with Crippen molar-refractivity contribution in [2.45, 2.75) is 82.9 Å². The minimum Gasteiger partial charge on any atom is -0.377 e. The lowest BCUT2D eigenvalue weighted by atomic mass is 9.82. The van der Waals surface area contributed by atoms with Crippen LogP contribution in [0.4, 0.5) is 0 Å². The molecule has 7 nitrogen and oxygen atoms in total. The molecule has 0 saturated heterocycles. The lowest BCUT2D eigenvalue weighted by Gasteiger charge is -2.37. The monoisotopic (exact) mass is 377 g/mol. The van der Waals surface area contributed by atoms with Crippen LogP contribution in [0.3, 0.4) is 0 Å². The Morgan fingerprint density at radius 2 is 2.11 bits per heavy atom. The summed E-state index contributed by atoms with van der Waals surface area (Å²) in [4.78, 5) is 16.9. The number of aryl methyl sites for hydroxylation is 1.